The summed E-state index contributed by atoms with van der Waals surface area (Å²) in [4.78, 5) is 0. The minimum atomic E-state index is 0.197. The second-order valence-electron chi connectivity index (χ2n) is 4.95. The Labute approximate surface area is 109 Å². The van der Waals surface area contributed by atoms with E-state index in [2.05, 4.69) is 39.1 Å². The van der Waals surface area contributed by atoms with Crippen molar-refractivity contribution in [3.8, 4) is 0 Å². The van der Waals surface area contributed by atoms with E-state index >= 15 is 0 Å². The number of benzene rings is 1. The molecule has 1 heterocycles. The Hall–Kier alpha value is -1.54. The number of hydrogen-bond donors (Lipinski definition) is 1. The average Bonchev–Trinajstić information content (AvgIpc) is 2.85. The standard InChI is InChI=1S/C16H21NO/c1-10-8-11(2)13(4)15(12(10)3)16(17-5)14-6-7-18-9-14/h6-9,16-17H,1-5H3. The summed E-state index contributed by atoms with van der Waals surface area (Å²) in [7, 11) is 1.99. The lowest BCUT2D eigenvalue weighted by Crippen LogP contribution is -2.20. The molecule has 1 unspecified atom stereocenters. The molecule has 1 N–H and O–H groups in total. The van der Waals surface area contributed by atoms with E-state index in [1.54, 1.807) is 6.26 Å². The molecule has 2 nitrogen and oxygen atoms in total. The van der Waals surface area contributed by atoms with Gasteiger partial charge in [-0.3, -0.25) is 0 Å². The van der Waals surface area contributed by atoms with Gasteiger partial charge >= 0.3 is 0 Å². The molecular formula is C16H21NO. The van der Waals surface area contributed by atoms with Crippen LogP contribution < -0.4 is 5.32 Å². The fourth-order valence-corrected chi connectivity index (χ4v) is 2.60. The maximum atomic E-state index is 5.22. The molecule has 2 rings (SSSR count). The van der Waals surface area contributed by atoms with Gasteiger partial charge in [-0.15, -0.1) is 0 Å². The van der Waals surface area contributed by atoms with E-state index in [4.69, 9.17) is 4.42 Å². The van der Waals surface area contributed by atoms with Gasteiger partial charge in [0, 0.05) is 5.56 Å². The lowest BCUT2D eigenvalue weighted by molar-refractivity contribution is 0.557. The molecule has 0 bridgehead atoms. The van der Waals surface area contributed by atoms with E-state index in [-0.39, 0.29) is 6.04 Å². The van der Waals surface area contributed by atoms with Crippen molar-refractivity contribution < 1.29 is 4.42 Å². The molecule has 0 amide bonds. The summed E-state index contributed by atoms with van der Waals surface area (Å²) in [5, 5.41) is 3.40. The number of furan rings is 1. The molecule has 96 valence electrons. The Morgan fingerprint density at radius 1 is 1.06 bits per heavy atom. The predicted octanol–water partition coefficient (Wildman–Crippen LogP) is 3.82. The second kappa shape index (κ2) is 4.99. The van der Waals surface area contributed by atoms with E-state index in [1.807, 2.05) is 19.4 Å². The fraction of sp³-hybridized carbons (Fsp3) is 0.375. The van der Waals surface area contributed by atoms with Crippen LogP contribution in [-0.4, -0.2) is 7.05 Å². The lowest BCUT2D eigenvalue weighted by Gasteiger charge is -2.23. The van der Waals surface area contributed by atoms with Crippen LogP contribution in [0.1, 0.15) is 39.4 Å². The van der Waals surface area contributed by atoms with Crippen LogP contribution in [-0.2, 0) is 0 Å². The van der Waals surface area contributed by atoms with Crippen LogP contribution in [0.15, 0.2) is 29.1 Å². The van der Waals surface area contributed by atoms with E-state index < -0.39 is 0 Å². The van der Waals surface area contributed by atoms with E-state index in [0.29, 0.717) is 0 Å². The van der Waals surface area contributed by atoms with Crippen molar-refractivity contribution in [2.75, 3.05) is 7.05 Å². The van der Waals surface area contributed by atoms with Gasteiger partial charge < -0.3 is 9.73 Å². The third-order valence-corrected chi connectivity index (χ3v) is 3.88. The highest BCUT2D eigenvalue weighted by Gasteiger charge is 2.19. The number of rotatable bonds is 3. The molecule has 0 radical (unpaired) electrons. The smallest absolute Gasteiger partial charge is 0.0953 e. The molecule has 1 aromatic heterocycles. The molecule has 1 atom stereocenters. The molecular weight excluding hydrogens is 222 g/mol. The second-order valence-corrected chi connectivity index (χ2v) is 4.95. The molecule has 0 saturated carbocycles. The molecule has 0 fully saturated rings. The van der Waals surface area contributed by atoms with Crippen molar-refractivity contribution in [1.29, 1.82) is 0 Å². The Morgan fingerprint density at radius 2 is 1.67 bits per heavy atom. The summed E-state index contributed by atoms with van der Waals surface area (Å²) in [6.45, 7) is 8.74. The Kier molecular flexibility index (Phi) is 3.58. The Balaban J connectivity index is 2.62. The van der Waals surface area contributed by atoms with Gasteiger partial charge in [-0.1, -0.05) is 6.07 Å². The van der Waals surface area contributed by atoms with E-state index in [0.717, 1.165) is 0 Å². The molecule has 0 saturated heterocycles. The molecule has 0 aliphatic rings. The van der Waals surface area contributed by atoms with Crippen molar-refractivity contribution in [2.45, 2.75) is 33.7 Å². The minimum Gasteiger partial charge on any atom is -0.472 e. The van der Waals surface area contributed by atoms with Crippen LogP contribution in [0.2, 0.25) is 0 Å². The number of aryl methyl sites for hydroxylation is 2. The van der Waals surface area contributed by atoms with Gasteiger partial charge in [0.05, 0.1) is 18.6 Å². The molecule has 18 heavy (non-hydrogen) atoms. The average molecular weight is 243 g/mol. The highest BCUT2D eigenvalue weighted by molar-refractivity contribution is 5.48. The third-order valence-electron chi connectivity index (χ3n) is 3.88. The quantitative estimate of drug-likeness (QED) is 0.886. The zero-order chi connectivity index (χ0) is 13.3. The number of nitrogens with one attached hydrogen (secondary N) is 1. The van der Waals surface area contributed by atoms with Crippen molar-refractivity contribution >= 4 is 0 Å². The number of hydrogen-bond acceptors (Lipinski definition) is 2. The lowest BCUT2D eigenvalue weighted by atomic mass is 9.87. The highest BCUT2D eigenvalue weighted by atomic mass is 16.3. The molecule has 0 spiro atoms. The van der Waals surface area contributed by atoms with Gasteiger partial charge in [0.2, 0.25) is 0 Å². The van der Waals surface area contributed by atoms with Crippen molar-refractivity contribution in [2.24, 2.45) is 0 Å². The topological polar surface area (TPSA) is 25.2 Å². The van der Waals surface area contributed by atoms with Gasteiger partial charge in [0.15, 0.2) is 0 Å². The van der Waals surface area contributed by atoms with E-state index in [1.165, 1.54) is 33.4 Å². The first-order chi connectivity index (χ1) is 8.56. The third kappa shape index (κ3) is 2.08. The summed E-state index contributed by atoms with van der Waals surface area (Å²) >= 11 is 0. The Morgan fingerprint density at radius 3 is 2.11 bits per heavy atom. The maximum absolute atomic E-state index is 5.22. The fourth-order valence-electron chi connectivity index (χ4n) is 2.60. The van der Waals surface area contributed by atoms with Crippen LogP contribution in [0, 0.1) is 27.7 Å². The summed E-state index contributed by atoms with van der Waals surface area (Å²) < 4.78 is 5.22. The summed E-state index contributed by atoms with van der Waals surface area (Å²) in [6.07, 6.45) is 3.55. The van der Waals surface area contributed by atoms with Crippen LogP contribution in [0.4, 0.5) is 0 Å². The molecule has 0 aliphatic carbocycles. The zero-order valence-electron chi connectivity index (χ0n) is 11.8. The van der Waals surface area contributed by atoms with Gasteiger partial charge in [0.1, 0.15) is 0 Å². The predicted molar refractivity (Wildman–Crippen MR) is 75.0 cm³/mol. The van der Waals surface area contributed by atoms with Gasteiger partial charge in [-0.25, -0.2) is 0 Å². The maximum Gasteiger partial charge on any atom is 0.0953 e. The van der Waals surface area contributed by atoms with E-state index in [9.17, 15) is 0 Å². The normalized spacial score (nSPS) is 12.7. The first-order valence-corrected chi connectivity index (χ1v) is 6.33. The van der Waals surface area contributed by atoms with Gasteiger partial charge in [-0.05, 0) is 68.6 Å². The van der Waals surface area contributed by atoms with Crippen molar-refractivity contribution in [3.05, 3.63) is 58.0 Å². The molecule has 2 aromatic rings. The SMILES string of the molecule is CNC(c1ccoc1)c1c(C)c(C)cc(C)c1C. The highest BCUT2D eigenvalue weighted by Crippen LogP contribution is 2.31. The van der Waals surface area contributed by atoms with Crippen molar-refractivity contribution in [1.82, 2.24) is 5.32 Å². The van der Waals surface area contributed by atoms with Crippen LogP contribution >= 0.6 is 0 Å². The van der Waals surface area contributed by atoms with Crippen LogP contribution in [0.25, 0.3) is 0 Å². The molecule has 2 heteroatoms. The Bertz CT molecular complexity index is 514. The molecule has 1 aromatic carbocycles. The first kappa shape index (κ1) is 12.9. The van der Waals surface area contributed by atoms with Crippen molar-refractivity contribution in [3.63, 3.8) is 0 Å². The monoisotopic (exact) mass is 243 g/mol. The van der Waals surface area contributed by atoms with Gasteiger partial charge in [0.25, 0.3) is 0 Å². The molecule has 0 aliphatic heterocycles. The zero-order valence-corrected chi connectivity index (χ0v) is 11.8. The largest absolute Gasteiger partial charge is 0.472 e. The summed E-state index contributed by atoms with van der Waals surface area (Å²) in [6, 6.07) is 4.48. The van der Waals surface area contributed by atoms with Gasteiger partial charge in [-0.2, -0.15) is 0 Å². The summed E-state index contributed by atoms with van der Waals surface area (Å²) in [5.74, 6) is 0. The first-order valence-electron chi connectivity index (χ1n) is 6.33. The summed E-state index contributed by atoms with van der Waals surface area (Å²) in [5.41, 5.74) is 7.95. The van der Waals surface area contributed by atoms with Crippen LogP contribution in [0.5, 0.6) is 0 Å². The van der Waals surface area contributed by atoms with Crippen LogP contribution in [0.3, 0.4) is 0 Å². The minimum absolute atomic E-state index is 0.197.